The smallest absolute Gasteiger partial charge is 0.243 e. The molecule has 196 valence electrons. The van der Waals surface area contributed by atoms with Gasteiger partial charge in [-0.1, -0.05) is 0 Å². The second-order valence-corrected chi connectivity index (χ2v) is 12.3. The van der Waals surface area contributed by atoms with E-state index in [1.165, 1.54) is 40.6 Å². The Balaban J connectivity index is 1.36. The molecule has 0 radical (unpaired) electrons. The van der Waals surface area contributed by atoms with Gasteiger partial charge in [0.05, 0.1) is 24.6 Å². The van der Waals surface area contributed by atoms with Crippen molar-refractivity contribution < 1.29 is 27.1 Å². The maximum Gasteiger partial charge on any atom is 0.243 e. The molecule has 1 aromatic heterocycles. The number of thiophene rings is 1. The lowest BCUT2D eigenvalue weighted by Crippen LogP contribution is -2.48. The molecule has 0 unspecified atom stereocenters. The van der Waals surface area contributed by atoms with Gasteiger partial charge in [0.25, 0.3) is 0 Å². The normalized spacial score (nSPS) is 17.5. The van der Waals surface area contributed by atoms with Crippen LogP contribution in [0.2, 0.25) is 0 Å². The van der Waals surface area contributed by atoms with E-state index in [2.05, 4.69) is 0 Å². The van der Waals surface area contributed by atoms with E-state index >= 15 is 0 Å². The summed E-state index contributed by atoms with van der Waals surface area (Å²) in [4.78, 5) is 16.7. The maximum absolute atomic E-state index is 13.7. The molecule has 0 bridgehead atoms. The average molecular weight is 545 g/mol. The van der Waals surface area contributed by atoms with Crippen molar-refractivity contribution in [2.75, 3.05) is 33.4 Å². The summed E-state index contributed by atoms with van der Waals surface area (Å²) < 4.78 is 52.8. The van der Waals surface area contributed by atoms with Crippen LogP contribution in [-0.4, -0.2) is 56.9 Å². The highest BCUT2D eigenvalue weighted by atomic mass is 32.2. The molecule has 1 saturated carbocycles. The molecule has 0 saturated heterocycles. The molecule has 10 heteroatoms. The van der Waals surface area contributed by atoms with Crippen LogP contribution in [0.3, 0.4) is 0 Å². The minimum absolute atomic E-state index is 0.136. The van der Waals surface area contributed by atoms with Crippen LogP contribution in [0.4, 0.5) is 4.39 Å². The Kier molecular flexibility index (Phi) is 7.50. The van der Waals surface area contributed by atoms with E-state index in [9.17, 15) is 17.6 Å². The molecule has 37 heavy (non-hydrogen) atoms. The van der Waals surface area contributed by atoms with Crippen molar-refractivity contribution in [3.8, 4) is 11.5 Å². The molecule has 7 nitrogen and oxygen atoms in total. The van der Waals surface area contributed by atoms with Crippen molar-refractivity contribution in [1.82, 2.24) is 9.21 Å². The quantitative estimate of drug-likeness (QED) is 0.376. The Morgan fingerprint density at radius 3 is 2.46 bits per heavy atom. The fourth-order valence-electron chi connectivity index (χ4n) is 4.56. The van der Waals surface area contributed by atoms with Gasteiger partial charge in [0.1, 0.15) is 23.9 Å². The number of carbonyl (C=O) groups is 1. The Hall–Kier alpha value is -2.95. The Labute approximate surface area is 220 Å². The van der Waals surface area contributed by atoms with Gasteiger partial charge in [-0.05, 0) is 90.7 Å². The van der Waals surface area contributed by atoms with E-state index in [1.807, 2.05) is 11.4 Å². The van der Waals surface area contributed by atoms with Gasteiger partial charge in [0.2, 0.25) is 15.9 Å². The number of rotatable bonds is 10. The fourth-order valence-corrected chi connectivity index (χ4v) is 6.95. The Morgan fingerprint density at radius 2 is 1.78 bits per heavy atom. The molecule has 0 N–H and O–H groups in total. The number of ether oxygens (including phenoxy) is 2. The van der Waals surface area contributed by atoms with E-state index in [0.29, 0.717) is 31.0 Å². The number of carbonyl (C=O) groups excluding carboxylic acids is 1. The standard InChI is InChI=1S/C27H29FN2O5S2/c1-34-21-8-10-23(11-9-21)37(32,33)29(16-19-2-3-19)17-27(31)30-14-12-26-24(13-15-36-26)25(30)18-35-22-6-4-20(28)5-7-22/h4-11,13,15,19,25H,2-3,12,14,16-18H2,1H3/t25-/m1/s1. The van der Waals surface area contributed by atoms with Crippen molar-refractivity contribution in [2.45, 2.75) is 30.2 Å². The van der Waals surface area contributed by atoms with Gasteiger partial charge < -0.3 is 14.4 Å². The third-order valence-electron chi connectivity index (χ3n) is 6.80. The van der Waals surface area contributed by atoms with Crippen molar-refractivity contribution in [3.63, 3.8) is 0 Å². The largest absolute Gasteiger partial charge is 0.497 e. The first-order valence-electron chi connectivity index (χ1n) is 12.2. The zero-order valence-corrected chi connectivity index (χ0v) is 22.1. The SMILES string of the molecule is COc1ccc(S(=O)(=O)N(CC(=O)N2CCc3sccc3[C@H]2COc2ccc(F)cc2)CC2CC2)cc1. The second-order valence-electron chi connectivity index (χ2n) is 9.33. The van der Waals surface area contributed by atoms with Crippen LogP contribution < -0.4 is 9.47 Å². The molecule has 2 aliphatic rings. The summed E-state index contributed by atoms with van der Waals surface area (Å²) in [5, 5.41) is 2.00. The molecule has 0 spiro atoms. The summed E-state index contributed by atoms with van der Waals surface area (Å²) in [6, 6.07) is 13.6. The number of nitrogens with zero attached hydrogens (tertiary/aromatic N) is 2. The molecule has 3 aromatic rings. The molecule has 2 heterocycles. The van der Waals surface area contributed by atoms with Gasteiger partial charge in [-0.3, -0.25) is 4.79 Å². The first-order valence-corrected chi connectivity index (χ1v) is 14.6. The molecule has 1 atom stereocenters. The summed E-state index contributed by atoms with van der Waals surface area (Å²) >= 11 is 1.64. The van der Waals surface area contributed by atoms with Crippen LogP contribution in [-0.2, 0) is 21.2 Å². The van der Waals surface area contributed by atoms with Gasteiger partial charge in [-0.15, -0.1) is 11.3 Å². The van der Waals surface area contributed by atoms with E-state index < -0.39 is 10.0 Å². The van der Waals surface area contributed by atoms with E-state index in [1.54, 1.807) is 40.5 Å². The molecule has 5 rings (SSSR count). The zero-order chi connectivity index (χ0) is 26.0. The van der Waals surface area contributed by atoms with Crippen LogP contribution in [0, 0.1) is 11.7 Å². The fraction of sp³-hybridized carbons (Fsp3) is 0.370. The average Bonchev–Trinajstić information content (AvgIpc) is 3.60. The minimum atomic E-state index is -3.88. The summed E-state index contributed by atoms with van der Waals surface area (Å²) in [5.41, 5.74) is 1.01. The van der Waals surface area contributed by atoms with Gasteiger partial charge in [-0.25, -0.2) is 12.8 Å². The van der Waals surface area contributed by atoms with Crippen molar-refractivity contribution in [3.05, 3.63) is 76.2 Å². The number of methoxy groups -OCH3 is 1. The van der Waals surface area contributed by atoms with Crippen molar-refractivity contribution in [2.24, 2.45) is 5.92 Å². The second kappa shape index (κ2) is 10.8. The minimum Gasteiger partial charge on any atom is -0.497 e. The van der Waals surface area contributed by atoms with Crippen molar-refractivity contribution >= 4 is 27.3 Å². The van der Waals surface area contributed by atoms with E-state index in [0.717, 1.165) is 18.4 Å². The van der Waals surface area contributed by atoms with Crippen LogP contribution in [0.15, 0.2) is 64.9 Å². The van der Waals surface area contributed by atoms with Gasteiger partial charge in [-0.2, -0.15) is 4.31 Å². The topological polar surface area (TPSA) is 76.2 Å². The van der Waals surface area contributed by atoms with Crippen LogP contribution in [0.25, 0.3) is 0 Å². The number of benzene rings is 2. The first-order chi connectivity index (χ1) is 17.8. The zero-order valence-electron chi connectivity index (χ0n) is 20.5. The number of hydrogen-bond donors (Lipinski definition) is 0. The third kappa shape index (κ3) is 5.81. The van der Waals surface area contributed by atoms with Crippen molar-refractivity contribution in [1.29, 1.82) is 0 Å². The monoisotopic (exact) mass is 544 g/mol. The van der Waals surface area contributed by atoms with E-state index in [4.69, 9.17) is 9.47 Å². The lowest BCUT2D eigenvalue weighted by atomic mass is 10.0. The highest BCUT2D eigenvalue weighted by Gasteiger charge is 2.37. The predicted octanol–water partition coefficient (Wildman–Crippen LogP) is 4.50. The Bertz CT molecular complexity index is 1340. The molecule has 1 fully saturated rings. The van der Waals surface area contributed by atoms with Crippen LogP contribution in [0.1, 0.15) is 29.3 Å². The highest BCUT2D eigenvalue weighted by molar-refractivity contribution is 7.89. The van der Waals surface area contributed by atoms with Crippen LogP contribution in [0.5, 0.6) is 11.5 Å². The molecule has 1 aliphatic carbocycles. The number of fused-ring (bicyclic) bond motifs is 1. The van der Waals surface area contributed by atoms with E-state index in [-0.39, 0.29) is 41.7 Å². The number of hydrogen-bond acceptors (Lipinski definition) is 6. The number of sulfonamides is 1. The molecular weight excluding hydrogens is 515 g/mol. The third-order valence-corrected chi connectivity index (χ3v) is 9.63. The molecule has 2 aromatic carbocycles. The number of amides is 1. The summed E-state index contributed by atoms with van der Waals surface area (Å²) in [7, 11) is -2.35. The lowest BCUT2D eigenvalue weighted by molar-refractivity contribution is -0.135. The lowest BCUT2D eigenvalue weighted by Gasteiger charge is -2.37. The first kappa shape index (κ1) is 25.7. The molecular formula is C27H29FN2O5S2. The molecule has 1 amide bonds. The van der Waals surface area contributed by atoms with Crippen LogP contribution >= 0.6 is 11.3 Å². The Morgan fingerprint density at radius 1 is 1.08 bits per heavy atom. The maximum atomic E-state index is 13.7. The number of halogens is 1. The highest BCUT2D eigenvalue weighted by Crippen LogP contribution is 2.35. The van der Waals surface area contributed by atoms with Gasteiger partial charge >= 0.3 is 0 Å². The summed E-state index contributed by atoms with van der Waals surface area (Å²) in [6.45, 7) is 0.740. The van der Waals surface area contributed by atoms with Gasteiger partial charge in [0, 0.05) is 18.0 Å². The van der Waals surface area contributed by atoms with Gasteiger partial charge in [0.15, 0.2) is 0 Å². The summed E-state index contributed by atoms with van der Waals surface area (Å²) in [6.07, 6.45) is 2.62. The summed E-state index contributed by atoms with van der Waals surface area (Å²) in [5.74, 6) is 0.725. The predicted molar refractivity (Wildman–Crippen MR) is 139 cm³/mol. The molecule has 1 aliphatic heterocycles.